The monoisotopic (exact) mass is 336 g/mol. The Morgan fingerprint density at radius 3 is 2.60 bits per heavy atom. The Balaban J connectivity index is 2.01. The third kappa shape index (κ3) is 4.17. The molecule has 0 bridgehead atoms. The first-order chi connectivity index (χ1) is 9.35. The molecule has 2 rings (SSSR count). The summed E-state index contributed by atoms with van der Waals surface area (Å²) < 4.78 is 0.961. The molecule has 1 amide bonds. The van der Waals surface area contributed by atoms with E-state index in [2.05, 4.69) is 47.2 Å². The Morgan fingerprint density at radius 1 is 1.35 bits per heavy atom. The number of hydrogen-bond donors (Lipinski definition) is 1. The van der Waals surface area contributed by atoms with Crippen LogP contribution in [0, 0.1) is 11.3 Å². The van der Waals surface area contributed by atoms with Gasteiger partial charge in [0.2, 0.25) is 0 Å². The number of amides is 1. The van der Waals surface area contributed by atoms with Crippen LogP contribution in [0.4, 0.5) is 0 Å². The maximum Gasteiger partial charge on any atom is 0.271 e. The molecular weight excluding hydrogens is 316 g/mol. The van der Waals surface area contributed by atoms with Gasteiger partial charge in [-0.2, -0.15) is 5.10 Å². The second-order valence-corrected chi connectivity index (χ2v) is 7.40. The van der Waals surface area contributed by atoms with Crippen molar-refractivity contribution in [3.63, 3.8) is 0 Å². The van der Waals surface area contributed by atoms with E-state index < -0.39 is 0 Å². The van der Waals surface area contributed by atoms with Crippen molar-refractivity contribution >= 4 is 27.5 Å². The molecule has 108 valence electrons. The summed E-state index contributed by atoms with van der Waals surface area (Å²) in [5, 5.41) is 4.33. The Hall–Kier alpha value is -1.16. The molecule has 4 heteroatoms. The fraction of sp³-hybridized carbons (Fsp3) is 0.500. The Morgan fingerprint density at radius 2 is 2.00 bits per heavy atom. The van der Waals surface area contributed by atoms with Gasteiger partial charge >= 0.3 is 0 Å². The number of nitrogens with zero attached hydrogens (tertiary/aromatic N) is 1. The van der Waals surface area contributed by atoms with Crippen molar-refractivity contribution in [2.24, 2.45) is 16.4 Å². The van der Waals surface area contributed by atoms with Crippen molar-refractivity contribution in [3.8, 4) is 0 Å². The molecule has 0 spiro atoms. The topological polar surface area (TPSA) is 41.5 Å². The third-order valence-corrected chi connectivity index (χ3v) is 4.12. The minimum absolute atomic E-state index is 0.152. The van der Waals surface area contributed by atoms with Gasteiger partial charge in [-0.15, -0.1) is 0 Å². The molecule has 1 saturated carbocycles. The summed E-state index contributed by atoms with van der Waals surface area (Å²) in [6.45, 7) is 6.76. The van der Waals surface area contributed by atoms with Crippen molar-refractivity contribution in [3.05, 3.63) is 34.3 Å². The van der Waals surface area contributed by atoms with Gasteiger partial charge in [0, 0.05) is 15.7 Å². The number of rotatable bonds is 2. The number of benzene rings is 1. The lowest BCUT2D eigenvalue weighted by Gasteiger charge is -2.34. The highest BCUT2D eigenvalue weighted by Crippen LogP contribution is 2.36. The lowest BCUT2D eigenvalue weighted by molar-refractivity contribution is 0.0954. The molecule has 1 atom stereocenters. The largest absolute Gasteiger partial charge is 0.271 e. The highest BCUT2D eigenvalue weighted by Gasteiger charge is 2.29. The smallest absolute Gasteiger partial charge is 0.267 e. The van der Waals surface area contributed by atoms with Crippen molar-refractivity contribution in [1.29, 1.82) is 0 Å². The summed E-state index contributed by atoms with van der Waals surface area (Å²) in [6.07, 6.45) is 3.15. The van der Waals surface area contributed by atoms with E-state index in [1.807, 2.05) is 12.1 Å². The molecule has 1 fully saturated rings. The van der Waals surface area contributed by atoms with Crippen LogP contribution >= 0.6 is 15.9 Å². The summed E-state index contributed by atoms with van der Waals surface area (Å²) in [4.78, 5) is 12.0. The van der Waals surface area contributed by atoms with Crippen LogP contribution in [0.1, 0.15) is 50.4 Å². The molecule has 3 nitrogen and oxygen atoms in total. The standard InChI is InChI=1S/C16H21BrN2O/c1-11-8-14(10-16(2,3)9-11)18-19-15(20)12-4-6-13(17)7-5-12/h4-7,11H,8-10H2,1-3H3,(H,19,20)/b18-14-/t11-/m1/s1. The lowest BCUT2D eigenvalue weighted by Crippen LogP contribution is -2.30. The van der Waals surface area contributed by atoms with Gasteiger partial charge in [-0.1, -0.05) is 36.7 Å². The zero-order valence-corrected chi connectivity index (χ0v) is 13.8. The summed E-state index contributed by atoms with van der Waals surface area (Å²) >= 11 is 3.36. The van der Waals surface area contributed by atoms with E-state index in [0.717, 1.165) is 23.0 Å². The number of carbonyl (C=O) groups is 1. The first-order valence-corrected chi connectivity index (χ1v) is 7.76. The number of carbonyl (C=O) groups excluding carboxylic acids is 1. The lowest BCUT2D eigenvalue weighted by atomic mass is 9.72. The van der Waals surface area contributed by atoms with E-state index in [1.54, 1.807) is 12.1 Å². The van der Waals surface area contributed by atoms with Crippen LogP contribution in [0.15, 0.2) is 33.8 Å². The molecule has 1 aromatic rings. The van der Waals surface area contributed by atoms with Crippen LogP contribution in [0.3, 0.4) is 0 Å². The van der Waals surface area contributed by atoms with Gasteiger partial charge < -0.3 is 0 Å². The molecule has 20 heavy (non-hydrogen) atoms. The van der Waals surface area contributed by atoms with Gasteiger partial charge in [0.25, 0.3) is 5.91 Å². The minimum atomic E-state index is -0.152. The highest BCUT2D eigenvalue weighted by atomic mass is 79.9. The van der Waals surface area contributed by atoms with Gasteiger partial charge in [0.05, 0.1) is 0 Å². The number of hydrogen-bond acceptors (Lipinski definition) is 2. The summed E-state index contributed by atoms with van der Waals surface area (Å²) in [5.74, 6) is 0.475. The van der Waals surface area contributed by atoms with E-state index in [4.69, 9.17) is 0 Å². The normalized spacial score (nSPS) is 23.6. The summed E-state index contributed by atoms with van der Waals surface area (Å²) in [6, 6.07) is 7.28. The second kappa shape index (κ2) is 6.08. The molecule has 0 aromatic heterocycles. The van der Waals surface area contributed by atoms with Crippen molar-refractivity contribution in [2.75, 3.05) is 0 Å². The zero-order chi connectivity index (χ0) is 14.8. The molecule has 1 N–H and O–H groups in total. The number of halogens is 1. The maximum absolute atomic E-state index is 12.0. The third-order valence-electron chi connectivity index (χ3n) is 3.59. The first-order valence-electron chi connectivity index (χ1n) is 6.97. The fourth-order valence-corrected chi connectivity index (χ4v) is 3.26. The Kier molecular flexibility index (Phi) is 4.63. The predicted molar refractivity (Wildman–Crippen MR) is 85.8 cm³/mol. The van der Waals surface area contributed by atoms with E-state index >= 15 is 0 Å². The van der Waals surface area contributed by atoms with Crippen LogP contribution in [-0.4, -0.2) is 11.6 Å². The molecule has 0 unspecified atom stereocenters. The van der Waals surface area contributed by atoms with E-state index in [9.17, 15) is 4.79 Å². The zero-order valence-electron chi connectivity index (χ0n) is 12.2. The summed E-state index contributed by atoms with van der Waals surface area (Å²) in [5.41, 5.74) is 4.68. The van der Waals surface area contributed by atoms with Crippen molar-refractivity contribution in [2.45, 2.75) is 40.0 Å². The van der Waals surface area contributed by atoms with Crippen LogP contribution in [-0.2, 0) is 0 Å². The maximum atomic E-state index is 12.0. The van der Waals surface area contributed by atoms with Crippen LogP contribution < -0.4 is 5.43 Å². The van der Waals surface area contributed by atoms with Crippen LogP contribution in [0.5, 0.6) is 0 Å². The van der Waals surface area contributed by atoms with E-state index in [0.29, 0.717) is 11.5 Å². The second-order valence-electron chi connectivity index (χ2n) is 6.48. The Bertz CT molecular complexity index is 520. The molecule has 0 radical (unpaired) electrons. The number of nitrogens with one attached hydrogen (secondary N) is 1. The molecule has 1 aliphatic carbocycles. The quantitative estimate of drug-likeness (QED) is 0.800. The fourth-order valence-electron chi connectivity index (χ4n) is 3.00. The molecule has 0 heterocycles. The van der Waals surface area contributed by atoms with Gasteiger partial charge in [0.15, 0.2) is 0 Å². The van der Waals surface area contributed by atoms with E-state index in [1.165, 1.54) is 6.42 Å². The molecule has 1 aromatic carbocycles. The van der Waals surface area contributed by atoms with Crippen molar-refractivity contribution in [1.82, 2.24) is 5.43 Å². The molecule has 0 aliphatic heterocycles. The van der Waals surface area contributed by atoms with Gasteiger partial charge in [-0.05, 0) is 54.9 Å². The molecular formula is C16H21BrN2O. The molecule has 0 saturated heterocycles. The average molecular weight is 337 g/mol. The van der Waals surface area contributed by atoms with Gasteiger partial charge in [0.1, 0.15) is 0 Å². The van der Waals surface area contributed by atoms with Gasteiger partial charge in [-0.25, -0.2) is 5.43 Å². The number of hydrazone groups is 1. The van der Waals surface area contributed by atoms with Crippen molar-refractivity contribution < 1.29 is 4.79 Å². The van der Waals surface area contributed by atoms with Gasteiger partial charge in [-0.3, -0.25) is 4.79 Å². The predicted octanol–water partition coefficient (Wildman–Crippen LogP) is 4.38. The highest BCUT2D eigenvalue weighted by molar-refractivity contribution is 9.10. The molecule has 1 aliphatic rings. The van der Waals surface area contributed by atoms with Crippen LogP contribution in [0.2, 0.25) is 0 Å². The van der Waals surface area contributed by atoms with E-state index in [-0.39, 0.29) is 11.3 Å². The summed E-state index contributed by atoms with van der Waals surface area (Å²) in [7, 11) is 0. The average Bonchev–Trinajstić information content (AvgIpc) is 2.34. The minimum Gasteiger partial charge on any atom is -0.267 e. The Labute approximate surface area is 129 Å². The van der Waals surface area contributed by atoms with Crippen LogP contribution in [0.25, 0.3) is 0 Å². The first kappa shape index (κ1) is 15.2. The SMILES string of the molecule is C[C@@H]1C/C(=N/NC(=O)c2ccc(Br)cc2)CC(C)(C)C1.